The normalized spacial score (nSPS) is 17.4. The summed E-state index contributed by atoms with van der Waals surface area (Å²) in [5.74, 6) is 0.272. The molecule has 1 aliphatic carbocycles. The molecule has 0 heterocycles. The van der Waals surface area contributed by atoms with Crippen LogP contribution in [0.3, 0.4) is 0 Å². The first-order chi connectivity index (χ1) is 9.86. The molecule has 0 aliphatic heterocycles. The number of amides is 1. The third kappa shape index (κ3) is 4.44. The molecule has 1 amide bonds. The molecular formula is C14H20N2O4S. The maximum atomic E-state index is 12.0. The van der Waals surface area contributed by atoms with Crippen LogP contribution in [-0.2, 0) is 14.8 Å². The number of primary sulfonamides is 1. The fourth-order valence-electron chi connectivity index (χ4n) is 2.35. The van der Waals surface area contributed by atoms with Gasteiger partial charge in [-0.05, 0) is 44.0 Å². The molecule has 3 N–H and O–H groups in total. The summed E-state index contributed by atoms with van der Waals surface area (Å²) >= 11 is 0. The zero-order valence-electron chi connectivity index (χ0n) is 11.9. The number of carbonyl (C=O) groups excluding carboxylic acids is 1. The highest BCUT2D eigenvalue weighted by molar-refractivity contribution is 7.89. The van der Waals surface area contributed by atoms with E-state index < -0.39 is 16.1 Å². The van der Waals surface area contributed by atoms with Gasteiger partial charge in [0.1, 0.15) is 5.75 Å². The fourth-order valence-corrected chi connectivity index (χ4v) is 2.87. The number of hydrogen-bond acceptors (Lipinski definition) is 4. The Bertz CT molecular complexity index is 592. The number of hydrogen-bond donors (Lipinski definition) is 2. The number of nitrogens with two attached hydrogens (primary N) is 1. The summed E-state index contributed by atoms with van der Waals surface area (Å²) in [4.78, 5) is 12.0. The maximum absolute atomic E-state index is 12.0. The molecule has 0 saturated heterocycles. The highest BCUT2D eigenvalue weighted by atomic mass is 32.2. The van der Waals surface area contributed by atoms with Gasteiger partial charge in [-0.25, -0.2) is 13.6 Å². The van der Waals surface area contributed by atoms with Gasteiger partial charge >= 0.3 is 0 Å². The lowest BCUT2D eigenvalue weighted by Gasteiger charge is -2.18. The van der Waals surface area contributed by atoms with Gasteiger partial charge in [0.15, 0.2) is 6.10 Å². The predicted molar refractivity (Wildman–Crippen MR) is 78.3 cm³/mol. The average Bonchev–Trinajstić information content (AvgIpc) is 2.91. The molecule has 1 fully saturated rings. The minimum atomic E-state index is -3.71. The molecule has 21 heavy (non-hydrogen) atoms. The molecule has 1 aromatic carbocycles. The molecule has 2 rings (SSSR count). The van der Waals surface area contributed by atoms with Crippen molar-refractivity contribution in [2.45, 2.75) is 49.6 Å². The van der Waals surface area contributed by atoms with Crippen molar-refractivity contribution in [2.24, 2.45) is 5.14 Å². The number of carbonyl (C=O) groups is 1. The molecule has 0 aromatic heterocycles. The minimum Gasteiger partial charge on any atom is -0.481 e. The largest absolute Gasteiger partial charge is 0.481 e. The second-order valence-electron chi connectivity index (χ2n) is 5.27. The molecule has 1 atom stereocenters. The van der Waals surface area contributed by atoms with Crippen LogP contribution in [0, 0.1) is 0 Å². The highest BCUT2D eigenvalue weighted by Gasteiger charge is 2.21. The van der Waals surface area contributed by atoms with Gasteiger partial charge in [-0.1, -0.05) is 12.8 Å². The number of sulfonamides is 1. The topological polar surface area (TPSA) is 98.5 Å². The molecule has 0 spiro atoms. The summed E-state index contributed by atoms with van der Waals surface area (Å²) in [5, 5.41) is 7.97. The molecule has 1 unspecified atom stereocenters. The Morgan fingerprint density at radius 1 is 1.29 bits per heavy atom. The molecule has 1 saturated carbocycles. The standard InChI is InChI=1S/C14H20N2O4S/c1-10(14(17)16-11-4-2-3-5-11)20-12-6-8-13(9-7-12)21(15,18)19/h6-11H,2-5H2,1H3,(H,16,17)(H2,15,18,19). The second-order valence-corrected chi connectivity index (χ2v) is 6.83. The van der Waals surface area contributed by atoms with Crippen molar-refractivity contribution >= 4 is 15.9 Å². The molecule has 1 aliphatic rings. The lowest BCUT2D eigenvalue weighted by atomic mass is 10.2. The van der Waals surface area contributed by atoms with Gasteiger partial charge in [-0.2, -0.15) is 0 Å². The Labute approximate surface area is 124 Å². The van der Waals surface area contributed by atoms with Gasteiger partial charge in [0, 0.05) is 6.04 Å². The van der Waals surface area contributed by atoms with E-state index in [1.165, 1.54) is 24.3 Å². The number of rotatable bonds is 5. The number of nitrogens with one attached hydrogen (secondary N) is 1. The summed E-state index contributed by atoms with van der Waals surface area (Å²) in [6.07, 6.45) is 3.69. The van der Waals surface area contributed by atoms with E-state index in [-0.39, 0.29) is 16.8 Å². The molecule has 7 heteroatoms. The lowest BCUT2D eigenvalue weighted by Crippen LogP contribution is -2.41. The van der Waals surface area contributed by atoms with Crippen LogP contribution in [0.4, 0.5) is 0 Å². The second kappa shape index (κ2) is 6.44. The number of ether oxygens (including phenoxy) is 1. The van der Waals surface area contributed by atoms with Crippen LogP contribution in [0.1, 0.15) is 32.6 Å². The average molecular weight is 312 g/mol. The predicted octanol–water partition coefficient (Wildman–Crippen LogP) is 1.16. The Hall–Kier alpha value is -1.60. The molecule has 0 radical (unpaired) electrons. The van der Waals surface area contributed by atoms with Crippen molar-refractivity contribution < 1.29 is 17.9 Å². The van der Waals surface area contributed by atoms with Crippen LogP contribution in [0.15, 0.2) is 29.2 Å². The SMILES string of the molecule is CC(Oc1ccc(S(N)(=O)=O)cc1)C(=O)NC1CCCC1. The van der Waals surface area contributed by atoms with Crippen molar-refractivity contribution in [3.8, 4) is 5.75 Å². The lowest BCUT2D eigenvalue weighted by molar-refractivity contribution is -0.127. The van der Waals surface area contributed by atoms with Gasteiger partial charge in [-0.3, -0.25) is 4.79 Å². The van der Waals surface area contributed by atoms with E-state index in [1.54, 1.807) is 6.92 Å². The zero-order chi connectivity index (χ0) is 15.5. The fraction of sp³-hybridized carbons (Fsp3) is 0.500. The van der Waals surface area contributed by atoms with Gasteiger partial charge in [-0.15, -0.1) is 0 Å². The summed E-state index contributed by atoms with van der Waals surface area (Å²) in [6.45, 7) is 1.66. The van der Waals surface area contributed by atoms with E-state index in [0.29, 0.717) is 5.75 Å². The van der Waals surface area contributed by atoms with Crippen LogP contribution in [0.25, 0.3) is 0 Å². The first kappa shape index (κ1) is 15.8. The van der Waals surface area contributed by atoms with E-state index in [0.717, 1.165) is 25.7 Å². The van der Waals surface area contributed by atoms with Gasteiger partial charge in [0.05, 0.1) is 4.90 Å². The molecule has 6 nitrogen and oxygen atoms in total. The zero-order valence-corrected chi connectivity index (χ0v) is 12.7. The number of benzene rings is 1. The Balaban J connectivity index is 1.92. The van der Waals surface area contributed by atoms with Gasteiger partial charge < -0.3 is 10.1 Å². The first-order valence-electron chi connectivity index (χ1n) is 6.96. The van der Waals surface area contributed by atoms with Crippen molar-refractivity contribution in [2.75, 3.05) is 0 Å². The molecular weight excluding hydrogens is 292 g/mol. The molecule has 116 valence electrons. The van der Waals surface area contributed by atoms with E-state index in [1.807, 2.05) is 0 Å². The maximum Gasteiger partial charge on any atom is 0.260 e. The van der Waals surface area contributed by atoms with E-state index in [4.69, 9.17) is 9.88 Å². The monoisotopic (exact) mass is 312 g/mol. The van der Waals surface area contributed by atoms with Crippen molar-refractivity contribution in [1.82, 2.24) is 5.32 Å². The van der Waals surface area contributed by atoms with E-state index in [9.17, 15) is 13.2 Å². The summed E-state index contributed by atoms with van der Waals surface area (Å²) in [6, 6.07) is 5.92. The Morgan fingerprint density at radius 3 is 2.38 bits per heavy atom. The van der Waals surface area contributed by atoms with Crippen LogP contribution in [0.2, 0.25) is 0 Å². The van der Waals surface area contributed by atoms with E-state index in [2.05, 4.69) is 5.32 Å². The van der Waals surface area contributed by atoms with E-state index >= 15 is 0 Å². The Morgan fingerprint density at radius 2 is 1.86 bits per heavy atom. The van der Waals surface area contributed by atoms with Crippen LogP contribution in [-0.4, -0.2) is 26.5 Å². The van der Waals surface area contributed by atoms with Crippen molar-refractivity contribution in [3.63, 3.8) is 0 Å². The third-order valence-corrected chi connectivity index (χ3v) is 4.47. The minimum absolute atomic E-state index is 0.0120. The third-order valence-electron chi connectivity index (χ3n) is 3.54. The smallest absolute Gasteiger partial charge is 0.260 e. The van der Waals surface area contributed by atoms with Crippen molar-refractivity contribution in [1.29, 1.82) is 0 Å². The summed E-state index contributed by atoms with van der Waals surface area (Å²) < 4.78 is 27.8. The van der Waals surface area contributed by atoms with Gasteiger partial charge in [0.2, 0.25) is 10.0 Å². The Kier molecular flexibility index (Phi) is 4.84. The van der Waals surface area contributed by atoms with Crippen LogP contribution < -0.4 is 15.2 Å². The van der Waals surface area contributed by atoms with Crippen LogP contribution in [0.5, 0.6) is 5.75 Å². The molecule has 1 aromatic rings. The van der Waals surface area contributed by atoms with Crippen LogP contribution >= 0.6 is 0 Å². The molecule has 0 bridgehead atoms. The summed E-state index contributed by atoms with van der Waals surface area (Å²) in [5.41, 5.74) is 0. The van der Waals surface area contributed by atoms with Gasteiger partial charge in [0.25, 0.3) is 5.91 Å². The van der Waals surface area contributed by atoms with Crippen molar-refractivity contribution in [3.05, 3.63) is 24.3 Å². The highest BCUT2D eigenvalue weighted by Crippen LogP contribution is 2.19. The quantitative estimate of drug-likeness (QED) is 0.852. The first-order valence-corrected chi connectivity index (χ1v) is 8.51. The summed E-state index contributed by atoms with van der Waals surface area (Å²) in [7, 11) is -3.71.